The second kappa shape index (κ2) is 10.8. The Morgan fingerprint density at radius 3 is 2.30 bits per heavy atom. The van der Waals surface area contributed by atoms with Crippen molar-refractivity contribution in [1.82, 2.24) is 4.31 Å². The lowest BCUT2D eigenvalue weighted by Crippen LogP contribution is -2.30. The van der Waals surface area contributed by atoms with Gasteiger partial charge in [-0.15, -0.1) is 0 Å². The van der Waals surface area contributed by atoms with Crippen molar-refractivity contribution < 1.29 is 22.7 Å². The van der Waals surface area contributed by atoms with E-state index in [0.717, 1.165) is 4.47 Å². The van der Waals surface area contributed by atoms with Gasteiger partial charge in [-0.05, 0) is 56.3 Å². The number of nitrogens with zero attached hydrogens (tertiary/aromatic N) is 1. The third-order valence-electron chi connectivity index (χ3n) is 4.11. The van der Waals surface area contributed by atoms with Crippen LogP contribution >= 0.6 is 15.9 Å². The van der Waals surface area contributed by atoms with E-state index in [1.165, 1.54) is 16.4 Å². The van der Waals surface area contributed by atoms with Crippen LogP contribution in [0.15, 0.2) is 51.8 Å². The summed E-state index contributed by atoms with van der Waals surface area (Å²) in [4.78, 5) is 12.5. The molecule has 0 spiro atoms. The fourth-order valence-electron chi connectivity index (χ4n) is 2.70. The highest BCUT2D eigenvalue weighted by atomic mass is 79.9. The van der Waals surface area contributed by atoms with E-state index in [0.29, 0.717) is 24.6 Å². The zero-order chi connectivity index (χ0) is 22.3. The highest BCUT2D eigenvalue weighted by molar-refractivity contribution is 9.10. The van der Waals surface area contributed by atoms with Gasteiger partial charge in [0.15, 0.2) is 6.61 Å². The summed E-state index contributed by atoms with van der Waals surface area (Å²) in [5, 5.41) is 2.70. The van der Waals surface area contributed by atoms with Crippen LogP contribution in [0.25, 0.3) is 0 Å². The average Bonchev–Trinajstić information content (AvgIpc) is 2.69. The van der Waals surface area contributed by atoms with Crippen LogP contribution in [0.3, 0.4) is 0 Å². The van der Waals surface area contributed by atoms with Crippen LogP contribution in [0.5, 0.6) is 11.5 Å². The molecule has 0 heterocycles. The van der Waals surface area contributed by atoms with Crippen molar-refractivity contribution in [2.75, 3.05) is 25.0 Å². The molecule has 9 heteroatoms. The molecule has 0 unspecified atom stereocenters. The Morgan fingerprint density at radius 1 is 1.10 bits per heavy atom. The maximum absolute atomic E-state index is 12.8. The smallest absolute Gasteiger partial charge is 0.262 e. The summed E-state index contributed by atoms with van der Waals surface area (Å²) in [6.07, 6.45) is -0.148. The molecule has 0 aromatic heterocycles. The third kappa shape index (κ3) is 6.45. The number of carbonyl (C=O) groups excluding carboxylic acids is 1. The molecular formula is C21H27BrN2O5S. The Kier molecular flexibility index (Phi) is 8.69. The van der Waals surface area contributed by atoms with Crippen molar-refractivity contribution in [3.63, 3.8) is 0 Å². The number of sulfonamides is 1. The Hall–Kier alpha value is -2.10. The van der Waals surface area contributed by atoms with Crippen molar-refractivity contribution in [3.05, 3.63) is 46.9 Å². The second-order valence-electron chi connectivity index (χ2n) is 6.70. The van der Waals surface area contributed by atoms with Gasteiger partial charge in [0.2, 0.25) is 10.0 Å². The van der Waals surface area contributed by atoms with E-state index in [1.807, 2.05) is 26.0 Å². The van der Waals surface area contributed by atoms with Crippen LogP contribution in [0.1, 0.15) is 27.7 Å². The van der Waals surface area contributed by atoms with Gasteiger partial charge in [-0.25, -0.2) is 8.42 Å². The largest absolute Gasteiger partial charge is 0.489 e. The van der Waals surface area contributed by atoms with Gasteiger partial charge in [-0.3, -0.25) is 4.79 Å². The van der Waals surface area contributed by atoms with Crippen molar-refractivity contribution in [3.8, 4) is 11.5 Å². The summed E-state index contributed by atoms with van der Waals surface area (Å²) < 4.78 is 39.2. The van der Waals surface area contributed by atoms with Crippen LogP contribution in [0.2, 0.25) is 0 Å². The first kappa shape index (κ1) is 24.2. The zero-order valence-electron chi connectivity index (χ0n) is 17.5. The highest BCUT2D eigenvalue weighted by Gasteiger charge is 2.23. The summed E-state index contributed by atoms with van der Waals surface area (Å²) in [6.45, 7) is 7.73. The molecule has 0 radical (unpaired) electrons. The number of hydrogen-bond acceptors (Lipinski definition) is 5. The van der Waals surface area contributed by atoms with Crippen LogP contribution in [-0.4, -0.2) is 44.4 Å². The number of anilines is 1. The number of rotatable bonds is 10. The van der Waals surface area contributed by atoms with Gasteiger partial charge in [0.05, 0.1) is 16.7 Å². The van der Waals surface area contributed by atoms with Gasteiger partial charge < -0.3 is 14.8 Å². The molecule has 0 bridgehead atoms. The van der Waals surface area contributed by atoms with E-state index in [2.05, 4.69) is 21.2 Å². The summed E-state index contributed by atoms with van der Waals surface area (Å²) >= 11 is 3.34. The predicted molar refractivity (Wildman–Crippen MR) is 121 cm³/mol. The van der Waals surface area contributed by atoms with Gasteiger partial charge in [0.25, 0.3) is 5.91 Å². The Bertz CT molecular complexity index is 958. The fraction of sp³-hybridized carbons (Fsp3) is 0.381. The highest BCUT2D eigenvalue weighted by Crippen LogP contribution is 2.30. The van der Waals surface area contributed by atoms with Crippen LogP contribution < -0.4 is 14.8 Å². The van der Waals surface area contributed by atoms with Crippen molar-refractivity contribution >= 4 is 37.5 Å². The van der Waals surface area contributed by atoms with Gasteiger partial charge in [0.1, 0.15) is 11.5 Å². The van der Waals surface area contributed by atoms with Crippen LogP contribution in [0.4, 0.5) is 5.69 Å². The monoisotopic (exact) mass is 498 g/mol. The molecule has 1 N–H and O–H groups in total. The lowest BCUT2D eigenvalue weighted by atomic mass is 10.3. The zero-order valence-corrected chi connectivity index (χ0v) is 19.9. The van der Waals surface area contributed by atoms with Gasteiger partial charge in [-0.2, -0.15) is 4.31 Å². The van der Waals surface area contributed by atoms with Crippen LogP contribution in [0, 0.1) is 0 Å². The third-order valence-corrected chi connectivity index (χ3v) is 6.69. The Morgan fingerprint density at radius 2 is 1.73 bits per heavy atom. The quantitative estimate of drug-likeness (QED) is 0.528. The maximum atomic E-state index is 12.8. The first-order chi connectivity index (χ1) is 14.2. The molecule has 2 aromatic carbocycles. The second-order valence-corrected chi connectivity index (χ2v) is 9.56. The number of benzene rings is 2. The lowest BCUT2D eigenvalue weighted by molar-refractivity contribution is -0.118. The molecule has 30 heavy (non-hydrogen) atoms. The molecule has 0 aliphatic rings. The van der Waals surface area contributed by atoms with E-state index >= 15 is 0 Å². The first-order valence-electron chi connectivity index (χ1n) is 9.66. The molecule has 0 aliphatic heterocycles. The SMILES string of the molecule is CCN(CC)S(=O)(=O)c1ccc(OC(C)C)c(NC(=O)COc2ccc(Br)cc2)c1. The minimum absolute atomic E-state index is 0.0893. The van der Waals surface area contributed by atoms with E-state index in [4.69, 9.17) is 9.47 Å². The fourth-order valence-corrected chi connectivity index (χ4v) is 4.45. The molecule has 1 amide bonds. The Labute approximate surface area is 186 Å². The summed E-state index contributed by atoms with van der Waals surface area (Å²) in [5.41, 5.74) is 0.279. The first-order valence-corrected chi connectivity index (χ1v) is 11.9. The van der Waals surface area contributed by atoms with Crippen molar-refractivity contribution in [1.29, 1.82) is 0 Å². The normalized spacial score (nSPS) is 11.6. The van der Waals surface area contributed by atoms with E-state index in [-0.39, 0.29) is 23.3 Å². The number of ether oxygens (including phenoxy) is 2. The van der Waals surface area contributed by atoms with Crippen LogP contribution in [-0.2, 0) is 14.8 Å². The molecule has 0 atom stereocenters. The van der Waals surface area contributed by atoms with Crippen molar-refractivity contribution in [2.45, 2.75) is 38.7 Å². The minimum Gasteiger partial charge on any atom is -0.489 e. The van der Waals surface area contributed by atoms with Gasteiger partial charge in [-0.1, -0.05) is 29.8 Å². The molecule has 2 aromatic rings. The lowest BCUT2D eigenvalue weighted by Gasteiger charge is -2.20. The molecule has 2 rings (SSSR count). The summed E-state index contributed by atoms with van der Waals surface area (Å²) in [6, 6.07) is 11.6. The molecule has 0 fully saturated rings. The number of amides is 1. The van der Waals surface area contributed by atoms with E-state index < -0.39 is 15.9 Å². The molecule has 0 aliphatic carbocycles. The Balaban J connectivity index is 2.24. The summed E-state index contributed by atoms with van der Waals surface area (Å²) in [5.74, 6) is 0.509. The average molecular weight is 499 g/mol. The summed E-state index contributed by atoms with van der Waals surface area (Å²) in [7, 11) is -3.67. The number of hydrogen-bond donors (Lipinski definition) is 1. The predicted octanol–water partition coefficient (Wildman–Crippen LogP) is 4.28. The molecule has 7 nitrogen and oxygen atoms in total. The van der Waals surface area contributed by atoms with E-state index in [9.17, 15) is 13.2 Å². The molecule has 164 valence electrons. The number of nitrogens with one attached hydrogen (secondary N) is 1. The maximum Gasteiger partial charge on any atom is 0.262 e. The standard InChI is InChI=1S/C21H27BrN2O5S/c1-5-24(6-2)30(26,27)18-11-12-20(29-15(3)4)19(13-18)23-21(25)14-28-17-9-7-16(22)8-10-17/h7-13,15H,5-6,14H2,1-4H3,(H,23,25). The number of halogens is 1. The van der Waals surface area contributed by atoms with Crippen molar-refractivity contribution in [2.24, 2.45) is 0 Å². The molecule has 0 saturated heterocycles. The molecule has 0 saturated carbocycles. The minimum atomic E-state index is -3.67. The molecular weight excluding hydrogens is 472 g/mol. The van der Waals surface area contributed by atoms with Gasteiger partial charge >= 0.3 is 0 Å². The topological polar surface area (TPSA) is 84.9 Å². The number of carbonyl (C=O) groups is 1. The van der Waals surface area contributed by atoms with E-state index in [1.54, 1.807) is 32.0 Å². The van der Waals surface area contributed by atoms with Gasteiger partial charge in [0, 0.05) is 17.6 Å².